The van der Waals surface area contributed by atoms with Crippen LogP contribution in [0.5, 0.6) is 0 Å². The van der Waals surface area contributed by atoms with Gasteiger partial charge in [0, 0.05) is 0 Å². The highest BCUT2D eigenvalue weighted by Gasteiger charge is 2.47. The molecule has 6 rings (SSSR count). The van der Waals surface area contributed by atoms with Crippen LogP contribution in [0.25, 0.3) is 0 Å². The van der Waals surface area contributed by atoms with E-state index < -0.39 is 42.4 Å². The van der Waals surface area contributed by atoms with Crippen LogP contribution in [-0.4, -0.2) is 72.0 Å². The maximum absolute atomic E-state index is 11.2. The second-order valence-corrected chi connectivity index (χ2v) is 12.4. The van der Waals surface area contributed by atoms with Crippen molar-refractivity contribution in [1.82, 2.24) is 0 Å². The van der Waals surface area contributed by atoms with Crippen LogP contribution in [0.3, 0.4) is 0 Å². The first kappa shape index (κ1) is 35.6. The van der Waals surface area contributed by atoms with Gasteiger partial charge in [-0.15, -0.1) is 0 Å². The number of hydrogen-bond acceptors (Lipinski definition) is 8. The van der Waals surface area contributed by atoms with E-state index in [1.165, 1.54) is 0 Å². The fourth-order valence-corrected chi connectivity index (χ4v) is 6.22. The van der Waals surface area contributed by atoms with Gasteiger partial charge in [-0.05, 0) is 27.8 Å². The summed E-state index contributed by atoms with van der Waals surface area (Å²) in [7, 11) is 0. The first-order valence-electron chi connectivity index (χ1n) is 16.9. The molecule has 1 aliphatic rings. The Kier molecular flexibility index (Phi) is 12.6. The third-order valence-corrected chi connectivity index (χ3v) is 8.83. The van der Waals surface area contributed by atoms with Gasteiger partial charge in [-0.25, -0.2) is 0 Å². The van der Waals surface area contributed by atoms with Crippen LogP contribution in [0.4, 0.5) is 0 Å². The molecule has 5 atom stereocenters. The van der Waals surface area contributed by atoms with Gasteiger partial charge in [0.15, 0.2) is 6.29 Å². The lowest BCUT2D eigenvalue weighted by Crippen LogP contribution is -2.60. The summed E-state index contributed by atoms with van der Waals surface area (Å²) in [5, 5.41) is 33.3. The lowest BCUT2D eigenvalue weighted by molar-refractivity contribution is -0.320. The SMILES string of the molecule is O[C@H]1[C@@H](O)[C@@H](COC(c2ccccc2)(c2ccccc2)c2ccccc2)O[C@@H](OC(COCc2ccccc2)COCc2ccccc2)[C@@H]1O. The van der Waals surface area contributed by atoms with Gasteiger partial charge in [-0.3, -0.25) is 0 Å². The third-order valence-electron chi connectivity index (χ3n) is 8.83. The predicted molar refractivity (Wildman–Crippen MR) is 189 cm³/mol. The Morgan fingerprint density at radius 3 is 1.34 bits per heavy atom. The van der Waals surface area contributed by atoms with Crippen molar-refractivity contribution in [3.05, 3.63) is 179 Å². The minimum atomic E-state index is -1.56. The summed E-state index contributed by atoms with van der Waals surface area (Å²) in [5.74, 6) is 0. The van der Waals surface area contributed by atoms with Gasteiger partial charge in [0.25, 0.3) is 0 Å². The van der Waals surface area contributed by atoms with E-state index in [9.17, 15) is 15.3 Å². The summed E-state index contributed by atoms with van der Waals surface area (Å²) in [6.07, 6.45) is -7.56. The standard InChI is InChI=1S/C42H44O8/c43-38-37(30-48-42(33-20-10-3-11-21-33,34-22-12-4-13-23-34)35-24-14-5-15-25-35)50-41(40(45)39(38)44)49-36(28-46-26-31-16-6-1-7-17-31)29-47-27-32-18-8-2-9-19-32/h1-25,36-41,43-45H,26-30H2/t37-,38+,39+,40-,41-/m1/s1. The zero-order chi connectivity index (χ0) is 34.6. The minimum absolute atomic E-state index is 0.134. The van der Waals surface area contributed by atoms with Crippen LogP contribution in [0.1, 0.15) is 27.8 Å². The van der Waals surface area contributed by atoms with E-state index >= 15 is 0 Å². The number of benzene rings is 5. The molecule has 0 amide bonds. The van der Waals surface area contributed by atoms with Gasteiger partial charge in [0.2, 0.25) is 0 Å². The Morgan fingerprint density at radius 1 is 0.520 bits per heavy atom. The van der Waals surface area contributed by atoms with Crippen molar-refractivity contribution in [2.24, 2.45) is 0 Å². The summed E-state index contributed by atoms with van der Waals surface area (Å²) in [6.45, 7) is 0.839. The predicted octanol–water partition coefficient (Wildman–Crippen LogP) is 5.62. The maximum Gasteiger partial charge on any atom is 0.187 e. The zero-order valence-electron chi connectivity index (χ0n) is 27.8. The van der Waals surface area contributed by atoms with Gasteiger partial charge >= 0.3 is 0 Å². The molecule has 0 unspecified atom stereocenters. The maximum atomic E-state index is 11.2. The van der Waals surface area contributed by atoms with E-state index in [1.54, 1.807) is 0 Å². The van der Waals surface area contributed by atoms with Crippen molar-refractivity contribution in [2.45, 2.75) is 55.6 Å². The summed E-state index contributed by atoms with van der Waals surface area (Å²) in [4.78, 5) is 0. The van der Waals surface area contributed by atoms with Gasteiger partial charge in [0.05, 0.1) is 33.0 Å². The Bertz CT molecular complexity index is 1530. The number of aliphatic hydroxyl groups is 3. The van der Waals surface area contributed by atoms with Crippen molar-refractivity contribution in [1.29, 1.82) is 0 Å². The largest absolute Gasteiger partial charge is 0.387 e. The second kappa shape index (κ2) is 17.6. The van der Waals surface area contributed by atoms with Gasteiger partial charge in [-0.1, -0.05) is 152 Å². The molecule has 5 aromatic carbocycles. The third kappa shape index (κ3) is 8.73. The zero-order valence-corrected chi connectivity index (χ0v) is 27.8. The second-order valence-electron chi connectivity index (χ2n) is 12.4. The van der Waals surface area contributed by atoms with Gasteiger partial charge in [0.1, 0.15) is 36.1 Å². The summed E-state index contributed by atoms with van der Waals surface area (Å²) >= 11 is 0. The quantitative estimate of drug-likeness (QED) is 0.116. The van der Waals surface area contributed by atoms with Crippen LogP contribution in [0, 0.1) is 0 Å². The molecule has 0 aromatic heterocycles. The smallest absolute Gasteiger partial charge is 0.187 e. The Hall–Kier alpha value is -4.22. The fraction of sp³-hybridized carbons (Fsp3) is 0.286. The number of hydrogen-bond donors (Lipinski definition) is 3. The summed E-state index contributed by atoms with van der Waals surface area (Å²) in [5.41, 5.74) is 3.55. The molecule has 0 aliphatic carbocycles. The molecule has 1 saturated heterocycles. The molecule has 5 aromatic rings. The van der Waals surface area contributed by atoms with Crippen LogP contribution in [0.2, 0.25) is 0 Å². The van der Waals surface area contributed by atoms with Crippen LogP contribution in [0.15, 0.2) is 152 Å². The van der Waals surface area contributed by atoms with Crippen molar-refractivity contribution in [2.75, 3.05) is 19.8 Å². The monoisotopic (exact) mass is 676 g/mol. The molecule has 8 nitrogen and oxygen atoms in total. The fourth-order valence-electron chi connectivity index (χ4n) is 6.22. The molecule has 0 bridgehead atoms. The minimum Gasteiger partial charge on any atom is -0.387 e. The van der Waals surface area contributed by atoms with E-state index in [2.05, 4.69) is 0 Å². The van der Waals surface area contributed by atoms with E-state index in [1.807, 2.05) is 152 Å². The molecule has 8 heteroatoms. The van der Waals surface area contributed by atoms with E-state index in [0.29, 0.717) is 13.2 Å². The Morgan fingerprint density at radius 2 is 0.920 bits per heavy atom. The number of rotatable bonds is 16. The van der Waals surface area contributed by atoms with Gasteiger partial charge < -0.3 is 39.0 Å². The topological polar surface area (TPSA) is 107 Å². The number of ether oxygens (including phenoxy) is 5. The summed E-state index contributed by atoms with van der Waals surface area (Å²) < 4.78 is 31.4. The first-order chi connectivity index (χ1) is 24.5. The first-order valence-corrected chi connectivity index (χ1v) is 16.9. The molecule has 260 valence electrons. The molecular weight excluding hydrogens is 632 g/mol. The molecule has 1 heterocycles. The lowest BCUT2D eigenvalue weighted by Gasteiger charge is -2.43. The highest BCUT2D eigenvalue weighted by Crippen LogP contribution is 2.41. The van der Waals surface area contributed by atoms with Crippen molar-refractivity contribution >= 4 is 0 Å². The van der Waals surface area contributed by atoms with E-state index in [0.717, 1.165) is 27.8 Å². The van der Waals surface area contributed by atoms with Gasteiger partial charge in [-0.2, -0.15) is 0 Å². The van der Waals surface area contributed by atoms with Crippen LogP contribution in [-0.2, 0) is 42.5 Å². The Labute approximate surface area is 293 Å². The number of aliphatic hydroxyl groups excluding tert-OH is 3. The lowest BCUT2D eigenvalue weighted by atomic mass is 9.80. The van der Waals surface area contributed by atoms with Crippen LogP contribution < -0.4 is 0 Å². The van der Waals surface area contributed by atoms with E-state index in [4.69, 9.17) is 23.7 Å². The van der Waals surface area contributed by atoms with E-state index in [-0.39, 0.29) is 19.8 Å². The summed E-state index contributed by atoms with van der Waals surface area (Å²) in [6, 6.07) is 49.1. The molecule has 0 radical (unpaired) electrons. The Balaban J connectivity index is 1.21. The average molecular weight is 677 g/mol. The highest BCUT2D eigenvalue weighted by molar-refractivity contribution is 5.47. The van der Waals surface area contributed by atoms with Crippen molar-refractivity contribution in [3.63, 3.8) is 0 Å². The molecule has 3 N–H and O–H groups in total. The molecular formula is C42H44O8. The molecule has 1 fully saturated rings. The normalized spacial score (nSPS) is 20.9. The molecule has 1 aliphatic heterocycles. The van der Waals surface area contributed by atoms with Crippen LogP contribution >= 0.6 is 0 Å². The van der Waals surface area contributed by atoms with Crippen molar-refractivity contribution in [3.8, 4) is 0 Å². The molecule has 0 saturated carbocycles. The van der Waals surface area contributed by atoms with Crippen molar-refractivity contribution < 1.29 is 39.0 Å². The molecule has 50 heavy (non-hydrogen) atoms. The molecule has 0 spiro atoms. The highest BCUT2D eigenvalue weighted by atomic mass is 16.7. The average Bonchev–Trinajstić information content (AvgIpc) is 3.18.